The molecule has 1 aromatic heterocycles. The van der Waals surface area contributed by atoms with Crippen molar-refractivity contribution in [3.63, 3.8) is 0 Å². The number of benzene rings is 1. The maximum absolute atomic E-state index is 12.7. The molecule has 0 aliphatic carbocycles. The van der Waals surface area contributed by atoms with E-state index in [-0.39, 0.29) is 11.4 Å². The van der Waals surface area contributed by atoms with E-state index in [0.717, 1.165) is 12.1 Å². The van der Waals surface area contributed by atoms with Gasteiger partial charge < -0.3 is 14.9 Å². The number of phenolic OH excluding ortho intramolecular Hbond substituents is 1. The van der Waals surface area contributed by atoms with E-state index in [1.807, 2.05) is 0 Å². The molecule has 0 radical (unpaired) electrons. The molecule has 0 spiro atoms. The second-order valence-corrected chi connectivity index (χ2v) is 3.44. The lowest BCUT2D eigenvalue weighted by molar-refractivity contribution is 0.102. The zero-order chi connectivity index (χ0) is 12.4. The molecule has 2 rings (SSSR count). The van der Waals surface area contributed by atoms with Crippen molar-refractivity contribution in [3.8, 4) is 5.75 Å². The van der Waals surface area contributed by atoms with Crippen molar-refractivity contribution in [3.05, 3.63) is 41.4 Å². The van der Waals surface area contributed by atoms with E-state index >= 15 is 0 Å². The van der Waals surface area contributed by atoms with Crippen LogP contribution in [0.5, 0.6) is 5.75 Å². The number of aromatic nitrogens is 1. The van der Waals surface area contributed by atoms with Gasteiger partial charge in [0.25, 0.3) is 5.91 Å². The van der Waals surface area contributed by atoms with Crippen molar-refractivity contribution >= 4 is 11.7 Å². The van der Waals surface area contributed by atoms with E-state index in [1.165, 1.54) is 12.1 Å². The number of rotatable bonds is 2. The Morgan fingerprint density at radius 1 is 1.47 bits per heavy atom. The van der Waals surface area contributed by atoms with E-state index in [1.54, 1.807) is 6.92 Å². The number of halogens is 1. The molecule has 17 heavy (non-hydrogen) atoms. The fourth-order valence-electron chi connectivity index (χ4n) is 1.31. The highest BCUT2D eigenvalue weighted by Crippen LogP contribution is 2.19. The Labute approximate surface area is 95.9 Å². The molecular formula is C11H9FN2O3. The Kier molecular flexibility index (Phi) is 2.78. The molecule has 0 unspecified atom stereocenters. The Balaban J connectivity index is 2.20. The molecule has 0 aliphatic rings. The van der Waals surface area contributed by atoms with Gasteiger partial charge in [0.15, 0.2) is 5.82 Å². The first-order chi connectivity index (χ1) is 8.06. The molecule has 6 heteroatoms. The lowest BCUT2D eigenvalue weighted by atomic mass is 10.2. The van der Waals surface area contributed by atoms with Gasteiger partial charge in [-0.3, -0.25) is 4.79 Å². The van der Waals surface area contributed by atoms with Crippen molar-refractivity contribution in [1.29, 1.82) is 0 Å². The number of carbonyl (C=O) groups is 1. The molecule has 0 saturated heterocycles. The number of anilines is 1. The molecule has 1 amide bonds. The summed E-state index contributed by atoms with van der Waals surface area (Å²) in [7, 11) is 0. The van der Waals surface area contributed by atoms with Gasteiger partial charge >= 0.3 is 0 Å². The van der Waals surface area contributed by atoms with E-state index < -0.39 is 17.5 Å². The summed E-state index contributed by atoms with van der Waals surface area (Å²) < 4.78 is 17.5. The summed E-state index contributed by atoms with van der Waals surface area (Å²) in [5, 5.41) is 15.4. The minimum absolute atomic E-state index is 0.0351. The second kappa shape index (κ2) is 4.25. The first kappa shape index (κ1) is 11.1. The summed E-state index contributed by atoms with van der Waals surface area (Å²) in [6.45, 7) is 1.68. The Hall–Kier alpha value is -2.37. The smallest absolute Gasteiger partial charge is 0.260 e. The van der Waals surface area contributed by atoms with Crippen LogP contribution in [0, 0.1) is 12.7 Å². The number of aryl methyl sites for hydroxylation is 1. The molecule has 0 bridgehead atoms. The molecule has 0 aliphatic heterocycles. The van der Waals surface area contributed by atoms with Gasteiger partial charge in [0.2, 0.25) is 0 Å². The Morgan fingerprint density at radius 3 is 2.82 bits per heavy atom. The molecule has 5 nitrogen and oxygen atoms in total. The Bertz CT molecular complexity index is 566. The van der Waals surface area contributed by atoms with Gasteiger partial charge in [-0.05, 0) is 19.1 Å². The Morgan fingerprint density at radius 2 is 2.24 bits per heavy atom. The molecule has 1 heterocycles. The monoisotopic (exact) mass is 236 g/mol. The summed E-state index contributed by atoms with van der Waals surface area (Å²) in [6, 6.07) is 4.66. The van der Waals surface area contributed by atoms with Crippen LogP contribution in [-0.4, -0.2) is 16.2 Å². The molecular weight excluding hydrogens is 227 g/mol. The van der Waals surface area contributed by atoms with Crippen molar-refractivity contribution in [2.45, 2.75) is 6.92 Å². The third kappa shape index (κ3) is 2.41. The van der Waals surface area contributed by atoms with Crippen LogP contribution in [-0.2, 0) is 0 Å². The van der Waals surface area contributed by atoms with Crippen LogP contribution in [0.15, 0.2) is 28.8 Å². The number of carbonyl (C=O) groups excluding carboxylic acids is 1. The number of nitrogens with one attached hydrogen (secondary N) is 1. The number of aromatic hydroxyl groups is 1. The predicted octanol–water partition coefficient (Wildman–Crippen LogP) is 2.08. The third-order valence-corrected chi connectivity index (χ3v) is 2.07. The zero-order valence-electron chi connectivity index (χ0n) is 8.90. The summed E-state index contributed by atoms with van der Waals surface area (Å²) in [6.07, 6.45) is 0. The molecule has 88 valence electrons. The van der Waals surface area contributed by atoms with Gasteiger partial charge in [0.05, 0.1) is 5.56 Å². The molecule has 0 atom stereocenters. The van der Waals surface area contributed by atoms with Gasteiger partial charge in [-0.2, -0.15) is 0 Å². The van der Waals surface area contributed by atoms with Crippen molar-refractivity contribution in [1.82, 2.24) is 5.16 Å². The van der Waals surface area contributed by atoms with E-state index in [4.69, 9.17) is 4.52 Å². The van der Waals surface area contributed by atoms with E-state index in [9.17, 15) is 14.3 Å². The molecule has 2 aromatic rings. The van der Waals surface area contributed by atoms with E-state index in [2.05, 4.69) is 10.5 Å². The van der Waals surface area contributed by atoms with Gasteiger partial charge in [-0.15, -0.1) is 0 Å². The third-order valence-electron chi connectivity index (χ3n) is 2.07. The van der Waals surface area contributed by atoms with Gasteiger partial charge in [-0.25, -0.2) is 4.39 Å². The maximum atomic E-state index is 12.7. The minimum atomic E-state index is -0.615. The average molecular weight is 236 g/mol. The van der Waals surface area contributed by atoms with Crippen LogP contribution in [0.2, 0.25) is 0 Å². The van der Waals surface area contributed by atoms with Crippen LogP contribution in [0.25, 0.3) is 0 Å². The largest absolute Gasteiger partial charge is 0.507 e. The van der Waals surface area contributed by atoms with Crippen molar-refractivity contribution < 1.29 is 18.8 Å². The lowest BCUT2D eigenvalue weighted by Gasteiger charge is -2.03. The van der Waals surface area contributed by atoms with Crippen molar-refractivity contribution in [2.75, 3.05) is 5.32 Å². The summed E-state index contributed by atoms with van der Waals surface area (Å²) in [5.41, 5.74) is -0.0351. The van der Waals surface area contributed by atoms with Gasteiger partial charge in [-0.1, -0.05) is 5.16 Å². The SMILES string of the molecule is Cc1cc(NC(=O)c2ccc(F)cc2O)no1. The molecule has 1 aromatic carbocycles. The van der Waals surface area contributed by atoms with Gasteiger partial charge in [0, 0.05) is 12.1 Å². The summed E-state index contributed by atoms with van der Waals surface area (Å²) in [4.78, 5) is 11.7. The number of hydrogen-bond acceptors (Lipinski definition) is 4. The number of nitrogens with zero attached hydrogens (tertiary/aromatic N) is 1. The van der Waals surface area contributed by atoms with Crippen molar-refractivity contribution in [2.24, 2.45) is 0 Å². The highest BCUT2D eigenvalue weighted by Gasteiger charge is 2.13. The van der Waals surface area contributed by atoms with Crippen LogP contribution < -0.4 is 5.32 Å². The standard InChI is InChI=1S/C11H9FN2O3/c1-6-4-10(14-17-6)13-11(16)8-3-2-7(12)5-9(8)15/h2-5,15H,1H3,(H,13,14,16). The fraction of sp³-hybridized carbons (Fsp3) is 0.0909. The highest BCUT2D eigenvalue weighted by atomic mass is 19.1. The molecule has 0 saturated carbocycles. The summed E-state index contributed by atoms with van der Waals surface area (Å²) >= 11 is 0. The second-order valence-electron chi connectivity index (χ2n) is 3.44. The topological polar surface area (TPSA) is 75.4 Å². The normalized spacial score (nSPS) is 10.2. The molecule has 0 fully saturated rings. The zero-order valence-corrected chi connectivity index (χ0v) is 8.90. The van der Waals surface area contributed by atoms with Crippen LogP contribution in [0.1, 0.15) is 16.1 Å². The van der Waals surface area contributed by atoms with Crippen LogP contribution >= 0.6 is 0 Å². The van der Waals surface area contributed by atoms with Crippen LogP contribution in [0.3, 0.4) is 0 Å². The van der Waals surface area contributed by atoms with Gasteiger partial charge in [0.1, 0.15) is 17.3 Å². The average Bonchev–Trinajstić information content (AvgIpc) is 2.63. The highest BCUT2D eigenvalue weighted by molar-refractivity contribution is 6.05. The summed E-state index contributed by atoms with van der Waals surface area (Å²) in [5.74, 6) is -0.852. The lowest BCUT2D eigenvalue weighted by Crippen LogP contribution is -2.12. The number of phenols is 1. The maximum Gasteiger partial charge on any atom is 0.260 e. The molecule has 2 N–H and O–H groups in total. The predicted molar refractivity (Wildman–Crippen MR) is 57.3 cm³/mol. The number of hydrogen-bond donors (Lipinski definition) is 2. The minimum Gasteiger partial charge on any atom is -0.507 e. The first-order valence-electron chi connectivity index (χ1n) is 4.79. The van der Waals surface area contributed by atoms with E-state index in [0.29, 0.717) is 5.76 Å². The van der Waals surface area contributed by atoms with Crippen LogP contribution in [0.4, 0.5) is 10.2 Å². The fourth-order valence-corrected chi connectivity index (χ4v) is 1.31. The number of amides is 1. The first-order valence-corrected chi connectivity index (χ1v) is 4.79. The quantitative estimate of drug-likeness (QED) is 0.837.